The minimum absolute atomic E-state index is 0.159. The minimum Gasteiger partial charge on any atom is -0.497 e. The number of hydrogen-bond acceptors (Lipinski definition) is 7. The van der Waals surface area contributed by atoms with Crippen LogP contribution in [0.1, 0.15) is 57.8 Å². The molecule has 32 heavy (non-hydrogen) atoms. The number of methoxy groups -OCH3 is 1. The number of rotatable bonds is 5. The molecular formula is C25H34O7. The summed E-state index contributed by atoms with van der Waals surface area (Å²) in [6.07, 6.45) is -0.175. The van der Waals surface area contributed by atoms with Gasteiger partial charge in [0.05, 0.1) is 24.4 Å². The number of ether oxygens (including phenoxy) is 3. The molecule has 2 aliphatic rings. The van der Waals surface area contributed by atoms with E-state index in [1.165, 1.54) is 6.92 Å². The van der Waals surface area contributed by atoms with Gasteiger partial charge in [0.15, 0.2) is 0 Å². The summed E-state index contributed by atoms with van der Waals surface area (Å²) in [5.41, 5.74) is -1.14. The van der Waals surface area contributed by atoms with Crippen molar-refractivity contribution >= 4 is 11.9 Å². The molecule has 0 saturated heterocycles. The number of hydrogen-bond donors (Lipinski definition) is 2. The molecule has 3 rings (SSSR count). The van der Waals surface area contributed by atoms with Crippen molar-refractivity contribution in [2.24, 2.45) is 17.3 Å². The molecule has 176 valence electrons. The first-order valence-electron chi connectivity index (χ1n) is 11.0. The van der Waals surface area contributed by atoms with Gasteiger partial charge in [-0.15, -0.1) is 0 Å². The van der Waals surface area contributed by atoms with Gasteiger partial charge < -0.3 is 24.4 Å². The molecule has 7 heteroatoms. The summed E-state index contributed by atoms with van der Waals surface area (Å²) in [5.74, 6) is -1.25. The highest BCUT2D eigenvalue weighted by Crippen LogP contribution is 2.59. The first kappa shape index (κ1) is 24.3. The zero-order valence-corrected chi connectivity index (χ0v) is 19.6. The van der Waals surface area contributed by atoms with Crippen molar-refractivity contribution in [2.45, 2.75) is 71.4 Å². The Morgan fingerprint density at radius 1 is 1.16 bits per heavy atom. The van der Waals surface area contributed by atoms with Crippen molar-refractivity contribution in [1.29, 1.82) is 0 Å². The Bertz CT molecular complexity index is 890. The Kier molecular flexibility index (Phi) is 6.72. The third-order valence-corrected chi connectivity index (χ3v) is 7.28. The van der Waals surface area contributed by atoms with Gasteiger partial charge in [0, 0.05) is 31.1 Å². The average Bonchev–Trinajstić information content (AvgIpc) is 2.89. The number of esters is 2. The highest BCUT2D eigenvalue weighted by molar-refractivity contribution is 5.89. The first-order chi connectivity index (χ1) is 14.9. The third kappa shape index (κ3) is 4.16. The fourth-order valence-electron chi connectivity index (χ4n) is 5.44. The van der Waals surface area contributed by atoms with Crippen LogP contribution in [-0.4, -0.2) is 53.2 Å². The largest absolute Gasteiger partial charge is 0.497 e. The van der Waals surface area contributed by atoms with Gasteiger partial charge in [0.2, 0.25) is 0 Å². The maximum atomic E-state index is 13.0. The van der Waals surface area contributed by atoms with E-state index in [9.17, 15) is 19.8 Å². The second-order valence-corrected chi connectivity index (χ2v) is 9.63. The Hall–Kier alpha value is -2.38. The molecule has 7 nitrogen and oxygen atoms in total. The monoisotopic (exact) mass is 446 g/mol. The molecule has 0 heterocycles. The second kappa shape index (κ2) is 8.87. The van der Waals surface area contributed by atoms with Gasteiger partial charge in [-0.3, -0.25) is 4.79 Å². The summed E-state index contributed by atoms with van der Waals surface area (Å²) in [4.78, 5) is 24.9. The van der Waals surface area contributed by atoms with Crippen molar-refractivity contribution < 1.29 is 34.0 Å². The van der Waals surface area contributed by atoms with E-state index < -0.39 is 47.2 Å². The van der Waals surface area contributed by atoms with E-state index in [1.54, 1.807) is 44.4 Å². The van der Waals surface area contributed by atoms with E-state index in [0.717, 1.165) is 5.57 Å². The quantitative estimate of drug-likeness (QED) is 0.529. The molecule has 0 amide bonds. The normalized spacial score (nSPS) is 34.3. The number of carbonyl (C=O) groups is 2. The molecule has 1 fully saturated rings. The van der Waals surface area contributed by atoms with E-state index in [1.807, 2.05) is 20.8 Å². The zero-order chi connectivity index (χ0) is 23.8. The molecular weight excluding hydrogens is 412 g/mol. The topological polar surface area (TPSA) is 102 Å². The van der Waals surface area contributed by atoms with Crippen molar-refractivity contribution in [3.05, 3.63) is 41.5 Å². The Balaban J connectivity index is 2.03. The Morgan fingerprint density at radius 2 is 1.78 bits per heavy atom. The lowest BCUT2D eigenvalue weighted by Gasteiger charge is -2.45. The predicted octanol–water partition coefficient (Wildman–Crippen LogP) is 3.28. The van der Waals surface area contributed by atoms with Crippen molar-refractivity contribution in [3.8, 4) is 5.75 Å². The van der Waals surface area contributed by atoms with Crippen molar-refractivity contribution in [1.82, 2.24) is 0 Å². The second-order valence-electron chi connectivity index (χ2n) is 9.63. The van der Waals surface area contributed by atoms with Crippen molar-refractivity contribution in [2.75, 3.05) is 7.11 Å². The summed E-state index contributed by atoms with van der Waals surface area (Å²) in [6.45, 7) is 8.75. The molecule has 0 radical (unpaired) electrons. The van der Waals surface area contributed by atoms with E-state index in [-0.39, 0.29) is 12.3 Å². The van der Waals surface area contributed by atoms with Gasteiger partial charge in [0.1, 0.15) is 18.0 Å². The number of benzene rings is 1. The molecule has 1 saturated carbocycles. The van der Waals surface area contributed by atoms with Crippen LogP contribution in [-0.2, 0) is 14.3 Å². The smallest absolute Gasteiger partial charge is 0.338 e. The lowest BCUT2D eigenvalue weighted by atomic mass is 9.66. The Morgan fingerprint density at radius 3 is 2.31 bits per heavy atom. The van der Waals surface area contributed by atoms with Crippen LogP contribution in [0.25, 0.3) is 0 Å². The van der Waals surface area contributed by atoms with Gasteiger partial charge in [-0.25, -0.2) is 4.79 Å². The van der Waals surface area contributed by atoms with Crippen LogP contribution in [0.3, 0.4) is 0 Å². The molecule has 0 aliphatic heterocycles. The van der Waals surface area contributed by atoms with Gasteiger partial charge in [-0.05, 0) is 37.1 Å². The predicted molar refractivity (Wildman–Crippen MR) is 118 cm³/mol. The molecule has 6 atom stereocenters. The maximum absolute atomic E-state index is 13.0. The summed E-state index contributed by atoms with van der Waals surface area (Å²) in [6, 6.07) is 6.61. The molecule has 2 N–H and O–H groups in total. The van der Waals surface area contributed by atoms with E-state index >= 15 is 0 Å². The molecule has 0 spiro atoms. The van der Waals surface area contributed by atoms with Gasteiger partial charge in [-0.2, -0.15) is 0 Å². The molecule has 1 aromatic rings. The number of aliphatic hydroxyl groups is 2. The number of aliphatic hydroxyl groups excluding tert-OH is 1. The number of fused-ring (bicyclic) bond motifs is 1. The van der Waals surface area contributed by atoms with Gasteiger partial charge in [-0.1, -0.05) is 32.4 Å². The van der Waals surface area contributed by atoms with Gasteiger partial charge in [0.25, 0.3) is 0 Å². The van der Waals surface area contributed by atoms with Crippen LogP contribution < -0.4 is 4.74 Å². The van der Waals surface area contributed by atoms with E-state index in [2.05, 4.69) is 0 Å². The van der Waals surface area contributed by atoms with Crippen LogP contribution >= 0.6 is 0 Å². The molecule has 0 aromatic heterocycles. The maximum Gasteiger partial charge on any atom is 0.338 e. The first-order valence-corrected chi connectivity index (χ1v) is 11.0. The molecule has 1 aromatic carbocycles. The highest BCUT2D eigenvalue weighted by Gasteiger charge is 2.67. The summed E-state index contributed by atoms with van der Waals surface area (Å²) in [7, 11) is 1.55. The average molecular weight is 447 g/mol. The third-order valence-electron chi connectivity index (χ3n) is 7.28. The summed E-state index contributed by atoms with van der Waals surface area (Å²) in [5, 5.41) is 23.0. The SMILES string of the molecule is COc1ccc(C(=O)O[C@H]2CC(C)=C[C@@H](O)[C@@]3(C)[C@@H](OC(C)=O)C[C@@](O)(C(C)C)[C@H]23)cc1. The lowest BCUT2D eigenvalue weighted by Crippen LogP contribution is -2.54. The Labute approximate surface area is 189 Å². The molecule has 0 unspecified atom stereocenters. The molecule has 2 aliphatic carbocycles. The summed E-state index contributed by atoms with van der Waals surface area (Å²) < 4.78 is 16.8. The zero-order valence-electron chi connectivity index (χ0n) is 19.6. The van der Waals surface area contributed by atoms with Crippen LogP contribution in [0.2, 0.25) is 0 Å². The minimum atomic E-state index is -1.31. The van der Waals surface area contributed by atoms with Gasteiger partial charge >= 0.3 is 11.9 Å². The van der Waals surface area contributed by atoms with Crippen LogP contribution in [0, 0.1) is 17.3 Å². The standard InChI is InChI=1S/C25H34O7/c1-14(2)25(29)13-21(31-16(4)26)24(5)20(27)12-15(3)11-19(22(24)25)32-23(28)17-7-9-18(30-6)10-8-17/h7-10,12,14,19-22,27,29H,11,13H2,1-6H3/t19-,20+,21-,22+,24-,25+/m0/s1. The van der Waals surface area contributed by atoms with Crippen LogP contribution in [0.5, 0.6) is 5.75 Å². The van der Waals surface area contributed by atoms with Crippen molar-refractivity contribution in [3.63, 3.8) is 0 Å². The number of carbonyl (C=O) groups excluding carboxylic acids is 2. The lowest BCUT2D eigenvalue weighted by molar-refractivity contribution is -0.161. The molecule has 0 bridgehead atoms. The highest BCUT2D eigenvalue weighted by atomic mass is 16.6. The van der Waals surface area contributed by atoms with E-state index in [4.69, 9.17) is 14.2 Å². The van der Waals surface area contributed by atoms with Crippen LogP contribution in [0.15, 0.2) is 35.9 Å². The van der Waals surface area contributed by atoms with Crippen LogP contribution in [0.4, 0.5) is 0 Å². The fourth-order valence-corrected chi connectivity index (χ4v) is 5.44. The van der Waals surface area contributed by atoms with E-state index in [0.29, 0.717) is 17.7 Å². The fraction of sp³-hybridized carbons (Fsp3) is 0.600. The summed E-state index contributed by atoms with van der Waals surface area (Å²) >= 11 is 0.